The fraction of sp³-hybridized carbons (Fsp3) is 0.500. The number of nitrogens with one attached hydrogen (secondary N) is 2. The van der Waals surface area contributed by atoms with E-state index in [4.69, 9.17) is 11.6 Å². The molecule has 0 aliphatic carbocycles. The highest BCUT2D eigenvalue weighted by Gasteiger charge is 2.05. The summed E-state index contributed by atoms with van der Waals surface area (Å²) in [5.74, 6) is 0. The molecule has 0 aliphatic heterocycles. The number of amides is 2. The number of carbonyl (C=O) groups excluding carboxylic acids is 1. The summed E-state index contributed by atoms with van der Waals surface area (Å²) >= 11 is 5.91. The van der Waals surface area contributed by atoms with Gasteiger partial charge in [-0.2, -0.15) is 0 Å². The number of carbonyl (C=O) groups is 1. The highest BCUT2D eigenvalue weighted by Crippen LogP contribution is 2.19. The molecule has 0 saturated carbocycles. The van der Waals surface area contributed by atoms with Crippen molar-refractivity contribution < 1.29 is 4.79 Å². The van der Waals surface area contributed by atoms with E-state index in [1.807, 2.05) is 13.0 Å². The lowest BCUT2D eigenvalue weighted by Crippen LogP contribution is -2.37. The summed E-state index contributed by atoms with van der Waals surface area (Å²) in [6, 6.07) is 5.24. The minimum atomic E-state index is -0.197. The Balaban J connectivity index is 2.41. The largest absolute Gasteiger partial charge is 0.337 e. The molecule has 5 heteroatoms. The van der Waals surface area contributed by atoms with E-state index >= 15 is 0 Å². The van der Waals surface area contributed by atoms with Crippen LogP contribution in [0.1, 0.15) is 19.4 Å². The summed E-state index contributed by atoms with van der Waals surface area (Å²) in [7, 11) is 0. The van der Waals surface area contributed by atoms with Gasteiger partial charge in [0.1, 0.15) is 0 Å². The molecule has 0 bridgehead atoms. The third kappa shape index (κ3) is 5.49. The smallest absolute Gasteiger partial charge is 0.319 e. The average Bonchev–Trinajstić information content (AvgIpc) is 2.39. The Morgan fingerprint density at radius 2 is 2.00 bits per heavy atom. The predicted molar refractivity (Wildman–Crippen MR) is 81.0 cm³/mol. The van der Waals surface area contributed by atoms with Crippen molar-refractivity contribution in [2.45, 2.75) is 20.8 Å². The maximum Gasteiger partial charge on any atom is 0.319 e. The van der Waals surface area contributed by atoms with Crippen molar-refractivity contribution in [2.24, 2.45) is 0 Å². The quantitative estimate of drug-likeness (QED) is 0.842. The zero-order valence-corrected chi connectivity index (χ0v) is 12.5. The zero-order chi connectivity index (χ0) is 14.3. The van der Waals surface area contributed by atoms with Crippen LogP contribution in [0.15, 0.2) is 18.2 Å². The molecule has 2 N–H and O–H groups in total. The van der Waals surface area contributed by atoms with Gasteiger partial charge in [0.15, 0.2) is 0 Å². The monoisotopic (exact) mass is 283 g/mol. The Morgan fingerprint density at radius 3 is 2.63 bits per heavy atom. The average molecular weight is 284 g/mol. The van der Waals surface area contributed by atoms with Crippen LogP contribution < -0.4 is 10.6 Å². The Morgan fingerprint density at radius 1 is 1.32 bits per heavy atom. The third-order valence-corrected chi connectivity index (χ3v) is 3.29. The summed E-state index contributed by atoms with van der Waals surface area (Å²) in [6.45, 7) is 9.63. The van der Waals surface area contributed by atoms with Gasteiger partial charge >= 0.3 is 6.03 Å². The lowest BCUT2D eigenvalue weighted by molar-refractivity contribution is 0.248. The summed E-state index contributed by atoms with van der Waals surface area (Å²) in [6.07, 6.45) is 0. The number of nitrogens with zero attached hydrogens (tertiary/aromatic N) is 1. The van der Waals surface area contributed by atoms with Crippen LogP contribution in [0.4, 0.5) is 10.5 Å². The first-order chi connectivity index (χ1) is 9.06. The van der Waals surface area contributed by atoms with Crippen LogP contribution >= 0.6 is 11.6 Å². The number of halogens is 1. The SMILES string of the molecule is CCN(CC)CCNC(=O)Nc1cc(Cl)ccc1C. The van der Waals surface area contributed by atoms with E-state index < -0.39 is 0 Å². The highest BCUT2D eigenvalue weighted by molar-refractivity contribution is 6.31. The number of benzene rings is 1. The van der Waals surface area contributed by atoms with E-state index in [1.54, 1.807) is 12.1 Å². The summed E-state index contributed by atoms with van der Waals surface area (Å²) < 4.78 is 0. The Hall–Kier alpha value is -1.26. The summed E-state index contributed by atoms with van der Waals surface area (Å²) in [5, 5.41) is 6.26. The van der Waals surface area contributed by atoms with Crippen LogP contribution in [0.25, 0.3) is 0 Å². The molecule has 0 aromatic heterocycles. The fourth-order valence-electron chi connectivity index (χ4n) is 1.76. The van der Waals surface area contributed by atoms with Crippen molar-refractivity contribution in [3.05, 3.63) is 28.8 Å². The van der Waals surface area contributed by atoms with Gasteiger partial charge < -0.3 is 15.5 Å². The Labute approximate surface area is 120 Å². The van der Waals surface area contributed by atoms with Gasteiger partial charge in [-0.25, -0.2) is 4.79 Å². The van der Waals surface area contributed by atoms with E-state index in [0.29, 0.717) is 11.6 Å². The maximum absolute atomic E-state index is 11.8. The molecule has 106 valence electrons. The summed E-state index contributed by atoms with van der Waals surface area (Å²) in [5.41, 5.74) is 1.73. The molecular weight excluding hydrogens is 262 g/mol. The lowest BCUT2D eigenvalue weighted by Gasteiger charge is -2.18. The molecule has 0 saturated heterocycles. The fourth-order valence-corrected chi connectivity index (χ4v) is 1.93. The molecule has 1 aromatic carbocycles. The van der Waals surface area contributed by atoms with Gasteiger partial charge in [-0.1, -0.05) is 31.5 Å². The normalized spacial score (nSPS) is 10.6. The van der Waals surface area contributed by atoms with Crippen molar-refractivity contribution in [1.82, 2.24) is 10.2 Å². The molecule has 0 fully saturated rings. The summed E-state index contributed by atoms with van der Waals surface area (Å²) in [4.78, 5) is 14.0. The predicted octanol–water partition coefficient (Wildman–Crippen LogP) is 3.11. The second kappa shape index (κ2) is 8.02. The van der Waals surface area contributed by atoms with Gasteiger partial charge in [-0.3, -0.25) is 0 Å². The first-order valence-electron chi connectivity index (χ1n) is 6.60. The molecule has 0 heterocycles. The van der Waals surface area contributed by atoms with E-state index in [0.717, 1.165) is 30.9 Å². The molecule has 4 nitrogen and oxygen atoms in total. The number of urea groups is 1. The second-order valence-electron chi connectivity index (χ2n) is 4.37. The minimum Gasteiger partial charge on any atom is -0.337 e. The first kappa shape index (κ1) is 15.8. The molecule has 1 rings (SSSR count). The van der Waals surface area contributed by atoms with E-state index in [1.165, 1.54) is 0 Å². The standard InChI is InChI=1S/C14H22ClN3O/c1-4-18(5-2)9-8-16-14(19)17-13-10-12(15)7-6-11(13)3/h6-7,10H,4-5,8-9H2,1-3H3,(H2,16,17,19). The van der Waals surface area contributed by atoms with E-state index in [2.05, 4.69) is 29.4 Å². The van der Waals surface area contributed by atoms with Crippen LogP contribution in [-0.2, 0) is 0 Å². The number of hydrogen-bond donors (Lipinski definition) is 2. The molecule has 1 aromatic rings. The van der Waals surface area contributed by atoms with Crippen molar-refractivity contribution >= 4 is 23.3 Å². The molecule has 19 heavy (non-hydrogen) atoms. The zero-order valence-electron chi connectivity index (χ0n) is 11.8. The number of hydrogen-bond acceptors (Lipinski definition) is 2. The van der Waals surface area contributed by atoms with E-state index in [9.17, 15) is 4.79 Å². The molecule has 0 atom stereocenters. The Bertz CT molecular complexity index is 419. The molecule has 0 unspecified atom stereocenters. The molecule has 0 aliphatic rings. The van der Waals surface area contributed by atoms with Crippen molar-refractivity contribution in [3.8, 4) is 0 Å². The number of rotatable bonds is 6. The second-order valence-corrected chi connectivity index (χ2v) is 4.80. The van der Waals surface area contributed by atoms with Crippen LogP contribution in [0.2, 0.25) is 5.02 Å². The van der Waals surface area contributed by atoms with Gasteiger partial charge in [0, 0.05) is 23.8 Å². The van der Waals surface area contributed by atoms with E-state index in [-0.39, 0.29) is 6.03 Å². The van der Waals surface area contributed by atoms with Crippen LogP contribution in [0.3, 0.4) is 0 Å². The Kier molecular flexibility index (Phi) is 6.67. The molecular formula is C14H22ClN3O. The third-order valence-electron chi connectivity index (χ3n) is 3.06. The topological polar surface area (TPSA) is 44.4 Å². The maximum atomic E-state index is 11.8. The highest BCUT2D eigenvalue weighted by atomic mass is 35.5. The first-order valence-corrected chi connectivity index (χ1v) is 6.98. The number of anilines is 1. The minimum absolute atomic E-state index is 0.197. The van der Waals surface area contributed by atoms with Crippen LogP contribution in [0.5, 0.6) is 0 Å². The van der Waals surface area contributed by atoms with Crippen LogP contribution in [0, 0.1) is 6.92 Å². The van der Waals surface area contributed by atoms with Gasteiger partial charge in [0.2, 0.25) is 0 Å². The van der Waals surface area contributed by atoms with Crippen molar-refractivity contribution in [1.29, 1.82) is 0 Å². The van der Waals surface area contributed by atoms with Crippen LogP contribution in [-0.4, -0.2) is 37.1 Å². The van der Waals surface area contributed by atoms with Gasteiger partial charge in [0.25, 0.3) is 0 Å². The number of likely N-dealkylation sites (N-methyl/N-ethyl adjacent to an activating group) is 1. The van der Waals surface area contributed by atoms with Crippen molar-refractivity contribution in [3.63, 3.8) is 0 Å². The molecule has 0 spiro atoms. The molecule has 0 radical (unpaired) electrons. The number of aryl methyl sites for hydroxylation is 1. The van der Waals surface area contributed by atoms with Gasteiger partial charge in [0.05, 0.1) is 0 Å². The molecule has 2 amide bonds. The van der Waals surface area contributed by atoms with Crippen molar-refractivity contribution in [2.75, 3.05) is 31.5 Å². The lowest BCUT2D eigenvalue weighted by atomic mass is 10.2. The van der Waals surface area contributed by atoms with Gasteiger partial charge in [-0.05, 0) is 37.7 Å². The van der Waals surface area contributed by atoms with Gasteiger partial charge in [-0.15, -0.1) is 0 Å².